The van der Waals surface area contributed by atoms with E-state index < -0.39 is 0 Å². The third-order valence-corrected chi connectivity index (χ3v) is 4.91. The summed E-state index contributed by atoms with van der Waals surface area (Å²) in [6, 6.07) is 6.42. The highest BCUT2D eigenvalue weighted by molar-refractivity contribution is 5.89. The molecule has 1 aromatic carbocycles. The molecule has 2 fully saturated rings. The van der Waals surface area contributed by atoms with E-state index in [9.17, 15) is 14.0 Å². The average molecular weight is 349 g/mol. The van der Waals surface area contributed by atoms with E-state index in [4.69, 9.17) is 4.74 Å². The number of benzene rings is 1. The second-order valence-corrected chi connectivity index (χ2v) is 6.52. The molecule has 0 spiro atoms. The fraction of sp³-hybridized carbons (Fsp3) is 0.556. The Kier molecular flexibility index (Phi) is 5.53. The molecule has 6 nitrogen and oxygen atoms in total. The van der Waals surface area contributed by atoms with Crippen molar-refractivity contribution in [2.45, 2.75) is 6.42 Å². The third-order valence-electron chi connectivity index (χ3n) is 4.91. The minimum Gasteiger partial charge on any atom is -0.383 e. The van der Waals surface area contributed by atoms with Crippen molar-refractivity contribution in [3.63, 3.8) is 0 Å². The molecule has 2 amide bonds. The molecular weight excluding hydrogens is 325 g/mol. The summed E-state index contributed by atoms with van der Waals surface area (Å²) in [5.41, 5.74) is 0.968. The van der Waals surface area contributed by atoms with Gasteiger partial charge < -0.3 is 19.4 Å². The Morgan fingerprint density at radius 3 is 2.52 bits per heavy atom. The zero-order valence-corrected chi connectivity index (χ0v) is 14.5. The summed E-state index contributed by atoms with van der Waals surface area (Å²) in [6.45, 7) is 4.19. The predicted octanol–water partition coefficient (Wildman–Crippen LogP) is 0.969. The summed E-state index contributed by atoms with van der Waals surface area (Å²) in [5.74, 6) is -0.407. The first-order valence-corrected chi connectivity index (χ1v) is 8.64. The van der Waals surface area contributed by atoms with Crippen LogP contribution in [0.25, 0.3) is 0 Å². The number of carbonyl (C=O) groups is 2. The van der Waals surface area contributed by atoms with E-state index in [1.807, 2.05) is 4.90 Å². The zero-order chi connectivity index (χ0) is 17.8. The van der Waals surface area contributed by atoms with E-state index in [1.54, 1.807) is 24.1 Å². The quantitative estimate of drug-likeness (QED) is 0.795. The molecule has 0 bridgehead atoms. The lowest BCUT2D eigenvalue weighted by atomic mass is 10.1. The van der Waals surface area contributed by atoms with Gasteiger partial charge in [0.1, 0.15) is 5.82 Å². The van der Waals surface area contributed by atoms with Crippen molar-refractivity contribution in [3.8, 4) is 0 Å². The van der Waals surface area contributed by atoms with E-state index >= 15 is 0 Å². The van der Waals surface area contributed by atoms with Crippen molar-refractivity contribution < 1.29 is 18.7 Å². The van der Waals surface area contributed by atoms with Crippen molar-refractivity contribution in [1.29, 1.82) is 0 Å². The topological polar surface area (TPSA) is 53.1 Å². The van der Waals surface area contributed by atoms with E-state index in [0.717, 1.165) is 5.69 Å². The number of hydrogen-bond donors (Lipinski definition) is 0. The molecule has 2 aliphatic heterocycles. The minimum atomic E-state index is -0.249. The molecule has 1 atom stereocenters. The van der Waals surface area contributed by atoms with E-state index in [1.165, 1.54) is 12.1 Å². The van der Waals surface area contributed by atoms with Gasteiger partial charge in [0.05, 0.1) is 12.5 Å². The van der Waals surface area contributed by atoms with Gasteiger partial charge in [-0.25, -0.2) is 4.39 Å². The van der Waals surface area contributed by atoms with Gasteiger partial charge in [-0.05, 0) is 24.3 Å². The molecule has 0 aliphatic carbocycles. The minimum absolute atomic E-state index is 0.0281. The highest BCUT2D eigenvalue weighted by Crippen LogP contribution is 2.22. The molecule has 136 valence electrons. The molecule has 0 aromatic heterocycles. The fourth-order valence-corrected chi connectivity index (χ4v) is 3.45. The number of ether oxygens (including phenoxy) is 1. The summed E-state index contributed by atoms with van der Waals surface area (Å²) < 4.78 is 18.0. The van der Waals surface area contributed by atoms with E-state index in [0.29, 0.717) is 52.3 Å². The lowest BCUT2D eigenvalue weighted by molar-refractivity contribution is -0.136. The van der Waals surface area contributed by atoms with Crippen LogP contribution in [0.1, 0.15) is 6.42 Å². The monoisotopic (exact) mass is 349 g/mol. The SMILES string of the molecule is COCCN1CC(C(=O)N2CCN(c3ccc(F)cc3)CC2)CC1=O. The van der Waals surface area contributed by atoms with Gasteiger partial charge >= 0.3 is 0 Å². The van der Waals surface area contributed by atoms with Crippen LogP contribution in [0.3, 0.4) is 0 Å². The van der Waals surface area contributed by atoms with Crippen LogP contribution in [0, 0.1) is 11.7 Å². The summed E-state index contributed by atoms with van der Waals surface area (Å²) in [5, 5.41) is 0. The molecule has 0 radical (unpaired) electrons. The Hall–Kier alpha value is -2.15. The number of hydrogen-bond acceptors (Lipinski definition) is 4. The Morgan fingerprint density at radius 2 is 1.88 bits per heavy atom. The lowest BCUT2D eigenvalue weighted by Gasteiger charge is -2.37. The first kappa shape index (κ1) is 17.7. The second-order valence-electron chi connectivity index (χ2n) is 6.52. The van der Waals surface area contributed by atoms with Gasteiger partial charge in [0.25, 0.3) is 0 Å². The van der Waals surface area contributed by atoms with Crippen molar-refractivity contribution in [2.24, 2.45) is 5.92 Å². The van der Waals surface area contributed by atoms with Crippen molar-refractivity contribution in [2.75, 3.05) is 57.9 Å². The Labute approximate surface area is 147 Å². The van der Waals surface area contributed by atoms with Crippen LogP contribution in [0.2, 0.25) is 0 Å². The number of methoxy groups -OCH3 is 1. The summed E-state index contributed by atoms with van der Waals surface area (Å²) in [7, 11) is 1.60. The van der Waals surface area contributed by atoms with Crippen LogP contribution in [-0.4, -0.2) is 74.6 Å². The van der Waals surface area contributed by atoms with Crippen LogP contribution in [0.15, 0.2) is 24.3 Å². The van der Waals surface area contributed by atoms with Gasteiger partial charge in [0, 0.05) is 58.5 Å². The highest BCUT2D eigenvalue weighted by atomic mass is 19.1. The number of rotatable bonds is 5. The van der Waals surface area contributed by atoms with Gasteiger partial charge in [-0.2, -0.15) is 0 Å². The molecule has 1 aromatic rings. The highest BCUT2D eigenvalue weighted by Gasteiger charge is 2.37. The normalized spacial score (nSPS) is 21.1. The number of carbonyl (C=O) groups excluding carboxylic acids is 2. The number of halogens is 1. The maximum absolute atomic E-state index is 13.0. The number of nitrogens with zero attached hydrogens (tertiary/aromatic N) is 3. The maximum Gasteiger partial charge on any atom is 0.228 e. The lowest BCUT2D eigenvalue weighted by Crippen LogP contribution is -2.50. The van der Waals surface area contributed by atoms with Crippen LogP contribution < -0.4 is 4.90 Å². The van der Waals surface area contributed by atoms with Gasteiger partial charge in [-0.15, -0.1) is 0 Å². The first-order valence-electron chi connectivity index (χ1n) is 8.64. The smallest absolute Gasteiger partial charge is 0.228 e. The van der Waals surface area contributed by atoms with Gasteiger partial charge in [-0.1, -0.05) is 0 Å². The summed E-state index contributed by atoms with van der Waals surface area (Å²) >= 11 is 0. The molecule has 0 saturated carbocycles. The zero-order valence-electron chi connectivity index (χ0n) is 14.5. The van der Waals surface area contributed by atoms with Crippen molar-refractivity contribution >= 4 is 17.5 Å². The largest absolute Gasteiger partial charge is 0.383 e. The first-order chi connectivity index (χ1) is 12.1. The van der Waals surface area contributed by atoms with Crippen LogP contribution in [0.5, 0.6) is 0 Å². The van der Waals surface area contributed by atoms with Crippen molar-refractivity contribution in [1.82, 2.24) is 9.80 Å². The number of likely N-dealkylation sites (tertiary alicyclic amines) is 1. The second kappa shape index (κ2) is 7.82. The molecule has 3 rings (SSSR count). The molecule has 2 heterocycles. The van der Waals surface area contributed by atoms with E-state index in [-0.39, 0.29) is 23.5 Å². The van der Waals surface area contributed by atoms with Crippen LogP contribution in [0.4, 0.5) is 10.1 Å². The molecule has 0 N–H and O–H groups in total. The van der Waals surface area contributed by atoms with Crippen LogP contribution >= 0.6 is 0 Å². The summed E-state index contributed by atoms with van der Waals surface area (Å²) in [4.78, 5) is 30.4. The molecule has 2 saturated heterocycles. The maximum atomic E-state index is 13.0. The fourth-order valence-electron chi connectivity index (χ4n) is 3.45. The molecule has 2 aliphatic rings. The predicted molar refractivity (Wildman–Crippen MR) is 91.8 cm³/mol. The Morgan fingerprint density at radius 1 is 1.20 bits per heavy atom. The van der Waals surface area contributed by atoms with Gasteiger partial charge in [0.2, 0.25) is 11.8 Å². The number of amides is 2. The Bertz CT molecular complexity index is 614. The number of piperazine rings is 1. The molecule has 1 unspecified atom stereocenters. The van der Waals surface area contributed by atoms with E-state index in [2.05, 4.69) is 4.90 Å². The molecular formula is C18H24FN3O3. The van der Waals surface area contributed by atoms with Crippen molar-refractivity contribution in [3.05, 3.63) is 30.1 Å². The summed E-state index contributed by atoms with van der Waals surface area (Å²) in [6.07, 6.45) is 0.292. The van der Waals surface area contributed by atoms with Gasteiger partial charge in [0.15, 0.2) is 0 Å². The average Bonchev–Trinajstić information content (AvgIpc) is 3.01. The molecule has 7 heteroatoms. The van der Waals surface area contributed by atoms with Crippen LogP contribution in [-0.2, 0) is 14.3 Å². The standard InChI is InChI=1S/C18H24FN3O3/c1-25-11-10-22-13-14(12-17(22)23)18(24)21-8-6-20(7-9-21)16-4-2-15(19)3-5-16/h2-5,14H,6-13H2,1H3. The molecule has 25 heavy (non-hydrogen) atoms. The Balaban J connectivity index is 1.52. The third kappa shape index (κ3) is 4.10. The van der Waals surface area contributed by atoms with Gasteiger partial charge in [-0.3, -0.25) is 9.59 Å². The number of anilines is 1.